The number of aliphatic hydroxyl groups is 1. The molecular formula is C56H114O23. The summed E-state index contributed by atoms with van der Waals surface area (Å²) in [6.07, 6.45) is 13.4. The maximum atomic E-state index is 8.61. The van der Waals surface area contributed by atoms with Crippen molar-refractivity contribution in [1.29, 1.82) is 0 Å². The van der Waals surface area contributed by atoms with Crippen LogP contribution in [0.15, 0.2) is 0 Å². The van der Waals surface area contributed by atoms with Gasteiger partial charge in [0.2, 0.25) is 0 Å². The summed E-state index contributed by atoms with van der Waals surface area (Å²) >= 11 is 0. The number of hydrogen-bond acceptors (Lipinski definition) is 23. The lowest BCUT2D eigenvalue weighted by Crippen LogP contribution is -2.16. The zero-order chi connectivity index (χ0) is 56.4. The summed E-state index contributed by atoms with van der Waals surface area (Å²) in [6, 6.07) is 0. The minimum absolute atomic E-state index is 0.0193. The van der Waals surface area contributed by atoms with Crippen LogP contribution in [0.4, 0.5) is 0 Å². The predicted octanol–water partition coefficient (Wildman–Crippen LogP) is 4.26. The summed E-state index contributed by atoms with van der Waals surface area (Å²) in [6.45, 7) is 24.6. The Morgan fingerprint density at radius 3 is 0.392 bits per heavy atom. The Kier molecular flexibility index (Phi) is 76.2. The molecule has 23 nitrogen and oxygen atoms in total. The van der Waals surface area contributed by atoms with Gasteiger partial charge in [0.05, 0.1) is 291 Å². The smallest absolute Gasteiger partial charge is 0.0701 e. The van der Waals surface area contributed by atoms with Crippen molar-refractivity contribution in [3.05, 3.63) is 0 Å². The molecule has 0 atom stereocenters. The first kappa shape index (κ1) is 78.1. The van der Waals surface area contributed by atoms with Crippen LogP contribution in [-0.2, 0) is 104 Å². The maximum absolute atomic E-state index is 8.61. The van der Waals surface area contributed by atoms with Crippen molar-refractivity contribution < 1.29 is 109 Å². The van der Waals surface area contributed by atoms with E-state index in [9.17, 15) is 0 Å². The van der Waals surface area contributed by atoms with E-state index in [1.165, 1.54) is 57.8 Å². The highest BCUT2D eigenvalue weighted by Gasteiger charge is 2.01. The first-order valence-electron chi connectivity index (χ1n) is 29.7. The average molecular weight is 1160 g/mol. The first-order chi connectivity index (χ1) is 39.4. The summed E-state index contributed by atoms with van der Waals surface area (Å²) in [5.41, 5.74) is 0. The second kappa shape index (κ2) is 77.1. The summed E-state index contributed by atoms with van der Waals surface area (Å²) in [5.74, 6) is 0. The third-order valence-corrected chi connectivity index (χ3v) is 10.7. The topological polar surface area (TPSA) is 223 Å². The summed E-state index contributed by atoms with van der Waals surface area (Å²) in [5, 5.41) is 8.61. The van der Waals surface area contributed by atoms with Crippen LogP contribution in [0.1, 0.15) is 71.1 Å². The van der Waals surface area contributed by atoms with Crippen LogP contribution >= 0.6 is 0 Å². The number of rotatable bonds is 76. The van der Waals surface area contributed by atoms with Crippen LogP contribution in [-0.4, -0.2) is 302 Å². The van der Waals surface area contributed by atoms with Gasteiger partial charge in [-0.3, -0.25) is 0 Å². The van der Waals surface area contributed by atoms with Crippen molar-refractivity contribution in [2.45, 2.75) is 71.1 Å². The molecule has 0 aliphatic heterocycles. The van der Waals surface area contributed by atoms with Crippen LogP contribution in [0.3, 0.4) is 0 Å². The molecule has 0 aromatic heterocycles. The largest absolute Gasteiger partial charge is 0.394 e. The van der Waals surface area contributed by atoms with Crippen molar-refractivity contribution in [1.82, 2.24) is 0 Å². The van der Waals surface area contributed by atoms with Crippen molar-refractivity contribution in [2.24, 2.45) is 0 Å². The monoisotopic (exact) mass is 1150 g/mol. The molecule has 476 valence electrons. The van der Waals surface area contributed by atoms with Crippen LogP contribution in [0.25, 0.3) is 0 Å². The molecule has 0 unspecified atom stereocenters. The van der Waals surface area contributed by atoms with Gasteiger partial charge in [-0.25, -0.2) is 0 Å². The Balaban J connectivity index is 3.08. The minimum Gasteiger partial charge on any atom is -0.394 e. The number of aliphatic hydroxyl groups excluding tert-OH is 1. The van der Waals surface area contributed by atoms with Crippen LogP contribution in [0.2, 0.25) is 0 Å². The molecular weight excluding hydrogens is 1040 g/mol. The number of hydrogen-bond donors (Lipinski definition) is 1. The van der Waals surface area contributed by atoms with Gasteiger partial charge in [-0.05, 0) is 6.42 Å². The quantitative estimate of drug-likeness (QED) is 0.0840. The van der Waals surface area contributed by atoms with Gasteiger partial charge in [0.15, 0.2) is 0 Å². The summed E-state index contributed by atoms with van der Waals surface area (Å²) < 4.78 is 121. The Morgan fingerprint density at radius 1 is 0.139 bits per heavy atom. The van der Waals surface area contributed by atoms with Gasteiger partial charge in [0.1, 0.15) is 0 Å². The first-order valence-corrected chi connectivity index (χ1v) is 29.7. The Labute approximate surface area is 476 Å². The van der Waals surface area contributed by atoms with Crippen LogP contribution < -0.4 is 0 Å². The highest BCUT2D eigenvalue weighted by Crippen LogP contribution is 2.10. The molecule has 1 N–H and O–H groups in total. The molecule has 0 saturated carbocycles. The summed E-state index contributed by atoms with van der Waals surface area (Å²) in [7, 11) is 0. The van der Waals surface area contributed by atoms with Crippen molar-refractivity contribution >= 4 is 0 Å². The summed E-state index contributed by atoms with van der Waals surface area (Å²) in [4.78, 5) is 0. The highest BCUT2D eigenvalue weighted by atomic mass is 16.6. The Hall–Kier alpha value is -0.920. The van der Waals surface area contributed by atoms with E-state index in [0.717, 1.165) is 13.0 Å². The lowest BCUT2D eigenvalue weighted by atomic mass is 10.1. The van der Waals surface area contributed by atoms with Gasteiger partial charge in [-0.2, -0.15) is 0 Å². The number of ether oxygens (including phenoxy) is 22. The fourth-order valence-corrected chi connectivity index (χ4v) is 6.48. The molecule has 23 heteroatoms. The standard InChI is InChI=1S/C56H114O23/c1-2-3-4-5-6-7-8-9-10-11-13-58-15-17-60-19-21-62-23-25-64-27-29-66-31-33-68-35-37-70-39-41-72-43-45-74-47-49-76-51-53-78-55-56-79-54-52-77-50-48-75-46-44-73-42-40-71-38-36-69-34-32-67-30-28-65-26-24-63-22-20-61-18-16-59-14-12-57/h57H,2-56H2,1H3. The van der Waals surface area contributed by atoms with Crippen molar-refractivity contribution in [3.8, 4) is 0 Å². The van der Waals surface area contributed by atoms with E-state index in [2.05, 4.69) is 6.92 Å². The zero-order valence-electron chi connectivity index (χ0n) is 49.3. The highest BCUT2D eigenvalue weighted by molar-refractivity contribution is 4.48. The van der Waals surface area contributed by atoms with Gasteiger partial charge in [0, 0.05) is 6.61 Å². The van der Waals surface area contributed by atoms with Crippen molar-refractivity contribution in [3.63, 3.8) is 0 Å². The molecule has 0 aliphatic rings. The minimum atomic E-state index is 0.0193. The third-order valence-electron chi connectivity index (χ3n) is 10.7. The molecule has 0 radical (unpaired) electrons. The Morgan fingerprint density at radius 2 is 0.253 bits per heavy atom. The van der Waals surface area contributed by atoms with Gasteiger partial charge < -0.3 is 109 Å². The number of unbranched alkanes of at least 4 members (excludes halogenated alkanes) is 9. The van der Waals surface area contributed by atoms with Crippen molar-refractivity contribution in [2.75, 3.05) is 297 Å². The molecule has 0 aromatic carbocycles. The van der Waals surface area contributed by atoms with Gasteiger partial charge in [0.25, 0.3) is 0 Å². The normalized spacial score (nSPS) is 11.8. The molecule has 0 amide bonds. The molecule has 0 aromatic rings. The molecule has 0 fully saturated rings. The molecule has 0 rings (SSSR count). The molecule has 0 bridgehead atoms. The molecule has 0 aliphatic carbocycles. The maximum Gasteiger partial charge on any atom is 0.0701 e. The van der Waals surface area contributed by atoms with E-state index in [0.29, 0.717) is 284 Å². The lowest BCUT2D eigenvalue weighted by Gasteiger charge is -2.09. The van der Waals surface area contributed by atoms with E-state index >= 15 is 0 Å². The Bertz CT molecular complexity index is 958. The fourth-order valence-electron chi connectivity index (χ4n) is 6.48. The molecule has 0 saturated heterocycles. The lowest BCUT2D eigenvalue weighted by molar-refractivity contribution is -0.0318. The molecule has 0 heterocycles. The molecule has 79 heavy (non-hydrogen) atoms. The molecule has 0 spiro atoms. The van der Waals surface area contributed by atoms with Gasteiger partial charge in [-0.1, -0.05) is 64.7 Å². The van der Waals surface area contributed by atoms with E-state index in [-0.39, 0.29) is 6.61 Å². The second-order valence-corrected chi connectivity index (χ2v) is 17.4. The fraction of sp³-hybridized carbons (Fsp3) is 1.00. The van der Waals surface area contributed by atoms with E-state index in [1.54, 1.807) is 0 Å². The zero-order valence-corrected chi connectivity index (χ0v) is 49.3. The van der Waals surface area contributed by atoms with Crippen LogP contribution in [0.5, 0.6) is 0 Å². The SMILES string of the molecule is CCCCCCCCCCCCOCCOCCOCCOCCOCCOCCOCCOCCOCCOCCOCCOCCOCCOCCOCCOCCOCCOCCOCCOCCOCCOCCO. The predicted molar refractivity (Wildman–Crippen MR) is 297 cm³/mol. The van der Waals surface area contributed by atoms with E-state index in [1.807, 2.05) is 0 Å². The second-order valence-electron chi connectivity index (χ2n) is 17.4. The van der Waals surface area contributed by atoms with E-state index in [4.69, 9.17) is 109 Å². The third kappa shape index (κ3) is 77.1. The average Bonchev–Trinajstić information content (AvgIpc) is 3.46. The van der Waals surface area contributed by atoms with E-state index < -0.39 is 0 Å². The van der Waals surface area contributed by atoms with Crippen LogP contribution in [0, 0.1) is 0 Å². The van der Waals surface area contributed by atoms with Gasteiger partial charge >= 0.3 is 0 Å². The van der Waals surface area contributed by atoms with Gasteiger partial charge in [-0.15, -0.1) is 0 Å².